The van der Waals surface area contributed by atoms with Crippen molar-refractivity contribution in [3.05, 3.63) is 42.5 Å². The number of Topliss-reactive ketones (excluding diaryl/α,β-unsaturated/α-hetero) is 1. The molecule has 1 N–H and O–H groups in total. The molecule has 1 atom stereocenters. The summed E-state index contributed by atoms with van der Waals surface area (Å²) in [6.45, 7) is 4.29. The Morgan fingerprint density at radius 3 is 2.62 bits per heavy atom. The second-order valence-corrected chi connectivity index (χ2v) is 4.82. The molecule has 16 heavy (non-hydrogen) atoms. The third kappa shape index (κ3) is 4.08. The predicted molar refractivity (Wildman–Crippen MR) is 68.4 cm³/mol. The Morgan fingerprint density at radius 1 is 1.50 bits per heavy atom. The number of benzene rings is 1. The molecule has 1 unspecified atom stereocenters. The highest BCUT2D eigenvalue weighted by Gasteiger charge is 2.10. The first kappa shape index (κ1) is 12.8. The SMILES string of the molecule is C=CCNc1ccc(C(=O)C[S+](C)[O-])cc1. The molecular weight excluding hydrogens is 222 g/mol. The molecule has 0 aliphatic rings. The zero-order valence-electron chi connectivity index (χ0n) is 9.23. The fraction of sp³-hybridized carbons (Fsp3) is 0.250. The maximum atomic E-state index is 11.6. The second kappa shape index (κ2) is 6.35. The standard InChI is InChI=1S/C12H15NO2S/c1-3-8-13-11-6-4-10(5-7-11)12(14)9-16(2)15/h3-7,13H,1,8-9H2,2H3. The van der Waals surface area contributed by atoms with Gasteiger partial charge in [0.2, 0.25) is 5.78 Å². The van der Waals surface area contributed by atoms with Crippen LogP contribution in [0.4, 0.5) is 5.69 Å². The summed E-state index contributed by atoms with van der Waals surface area (Å²) in [4.78, 5) is 11.6. The van der Waals surface area contributed by atoms with Crippen LogP contribution in [-0.2, 0) is 11.2 Å². The molecule has 0 heterocycles. The highest BCUT2D eigenvalue weighted by atomic mass is 32.2. The van der Waals surface area contributed by atoms with E-state index in [1.807, 2.05) is 12.1 Å². The summed E-state index contributed by atoms with van der Waals surface area (Å²) in [6.07, 6.45) is 3.29. The average molecular weight is 237 g/mol. The van der Waals surface area contributed by atoms with Crippen molar-refractivity contribution < 1.29 is 9.35 Å². The number of ketones is 1. The third-order valence-electron chi connectivity index (χ3n) is 1.99. The van der Waals surface area contributed by atoms with Crippen LogP contribution in [0.15, 0.2) is 36.9 Å². The van der Waals surface area contributed by atoms with E-state index in [1.54, 1.807) is 18.2 Å². The van der Waals surface area contributed by atoms with E-state index >= 15 is 0 Å². The molecule has 0 amide bonds. The smallest absolute Gasteiger partial charge is 0.211 e. The molecule has 0 saturated carbocycles. The monoisotopic (exact) mass is 237 g/mol. The fourth-order valence-electron chi connectivity index (χ4n) is 1.23. The minimum absolute atomic E-state index is 0.0828. The molecule has 0 radical (unpaired) electrons. The van der Waals surface area contributed by atoms with Gasteiger partial charge in [0, 0.05) is 17.8 Å². The molecule has 1 aromatic rings. The molecule has 4 heteroatoms. The molecule has 0 fully saturated rings. The molecule has 1 aromatic carbocycles. The summed E-state index contributed by atoms with van der Waals surface area (Å²) < 4.78 is 10.9. The van der Waals surface area contributed by atoms with Crippen LogP contribution in [0.3, 0.4) is 0 Å². The van der Waals surface area contributed by atoms with Crippen LogP contribution in [0.5, 0.6) is 0 Å². The van der Waals surface area contributed by atoms with Gasteiger partial charge in [-0.25, -0.2) is 0 Å². The van der Waals surface area contributed by atoms with E-state index in [-0.39, 0.29) is 11.5 Å². The van der Waals surface area contributed by atoms with Crippen molar-refractivity contribution in [2.75, 3.05) is 23.9 Å². The van der Waals surface area contributed by atoms with Gasteiger partial charge in [-0.1, -0.05) is 6.08 Å². The Morgan fingerprint density at radius 2 is 2.12 bits per heavy atom. The van der Waals surface area contributed by atoms with Gasteiger partial charge >= 0.3 is 0 Å². The van der Waals surface area contributed by atoms with Crippen molar-refractivity contribution in [3.63, 3.8) is 0 Å². The van der Waals surface area contributed by atoms with Gasteiger partial charge in [0.15, 0.2) is 5.75 Å². The molecule has 0 aromatic heterocycles. The molecule has 3 nitrogen and oxygen atoms in total. The van der Waals surface area contributed by atoms with Crippen LogP contribution in [0.1, 0.15) is 10.4 Å². The summed E-state index contributed by atoms with van der Waals surface area (Å²) in [5, 5.41) is 3.11. The van der Waals surface area contributed by atoms with E-state index < -0.39 is 11.2 Å². The summed E-state index contributed by atoms with van der Waals surface area (Å²) in [7, 11) is 0. The van der Waals surface area contributed by atoms with Crippen LogP contribution in [-0.4, -0.2) is 28.9 Å². The zero-order valence-corrected chi connectivity index (χ0v) is 10.0. The lowest BCUT2D eigenvalue weighted by Gasteiger charge is -2.06. The lowest BCUT2D eigenvalue weighted by atomic mass is 10.1. The van der Waals surface area contributed by atoms with Crippen molar-refractivity contribution in [2.45, 2.75) is 0 Å². The molecule has 0 bridgehead atoms. The number of hydrogen-bond acceptors (Lipinski definition) is 3. The van der Waals surface area contributed by atoms with Crippen molar-refractivity contribution in [1.82, 2.24) is 0 Å². The number of nitrogens with one attached hydrogen (secondary N) is 1. The number of carbonyl (C=O) groups excluding carboxylic acids is 1. The Bertz CT molecular complexity index is 360. The van der Waals surface area contributed by atoms with E-state index in [2.05, 4.69) is 11.9 Å². The Kier molecular flexibility index (Phi) is 5.08. The average Bonchev–Trinajstić information content (AvgIpc) is 2.26. The molecule has 0 aliphatic heterocycles. The lowest BCUT2D eigenvalue weighted by molar-refractivity contribution is 0.102. The molecule has 0 spiro atoms. The second-order valence-electron chi connectivity index (χ2n) is 3.39. The largest absolute Gasteiger partial charge is 0.616 e. The van der Waals surface area contributed by atoms with Crippen LogP contribution in [0.2, 0.25) is 0 Å². The lowest BCUT2D eigenvalue weighted by Crippen LogP contribution is -2.14. The Labute approximate surface area is 98.7 Å². The van der Waals surface area contributed by atoms with Crippen LogP contribution >= 0.6 is 0 Å². The van der Waals surface area contributed by atoms with Crippen LogP contribution in [0.25, 0.3) is 0 Å². The minimum Gasteiger partial charge on any atom is -0.616 e. The van der Waals surface area contributed by atoms with E-state index in [9.17, 15) is 9.35 Å². The van der Waals surface area contributed by atoms with Crippen molar-refractivity contribution >= 4 is 22.6 Å². The first-order valence-corrected chi connectivity index (χ1v) is 6.64. The van der Waals surface area contributed by atoms with E-state index in [0.29, 0.717) is 12.1 Å². The molecular formula is C12H15NO2S. The van der Waals surface area contributed by atoms with Gasteiger partial charge in [0.05, 0.1) is 6.26 Å². The van der Waals surface area contributed by atoms with Crippen molar-refractivity contribution in [3.8, 4) is 0 Å². The normalized spacial score (nSPS) is 11.9. The van der Waals surface area contributed by atoms with Gasteiger partial charge in [-0.3, -0.25) is 4.79 Å². The van der Waals surface area contributed by atoms with Gasteiger partial charge in [-0.2, -0.15) is 0 Å². The van der Waals surface area contributed by atoms with Gasteiger partial charge in [-0.15, -0.1) is 6.58 Å². The maximum Gasteiger partial charge on any atom is 0.211 e. The quantitative estimate of drug-likeness (QED) is 0.466. The fourth-order valence-corrected chi connectivity index (χ4v) is 1.77. The summed E-state index contributed by atoms with van der Waals surface area (Å²) >= 11 is -1.08. The number of anilines is 1. The van der Waals surface area contributed by atoms with Gasteiger partial charge in [-0.05, 0) is 35.4 Å². The van der Waals surface area contributed by atoms with Gasteiger partial charge in [0.25, 0.3) is 0 Å². The summed E-state index contributed by atoms with van der Waals surface area (Å²) in [6, 6.07) is 7.13. The van der Waals surface area contributed by atoms with E-state index in [0.717, 1.165) is 5.69 Å². The molecule has 0 aliphatic carbocycles. The molecule has 86 valence electrons. The summed E-state index contributed by atoms with van der Waals surface area (Å²) in [5.74, 6) is -0.00417. The minimum atomic E-state index is -1.08. The first-order valence-electron chi connectivity index (χ1n) is 4.91. The summed E-state index contributed by atoms with van der Waals surface area (Å²) in [5.41, 5.74) is 1.54. The number of hydrogen-bond donors (Lipinski definition) is 1. The number of carbonyl (C=O) groups is 1. The molecule has 0 saturated heterocycles. The van der Waals surface area contributed by atoms with Crippen molar-refractivity contribution in [2.24, 2.45) is 0 Å². The van der Waals surface area contributed by atoms with Gasteiger partial charge < -0.3 is 9.87 Å². The third-order valence-corrected chi connectivity index (χ3v) is 2.66. The van der Waals surface area contributed by atoms with Crippen LogP contribution < -0.4 is 5.32 Å². The van der Waals surface area contributed by atoms with E-state index in [4.69, 9.17) is 0 Å². The highest BCUT2D eigenvalue weighted by molar-refractivity contribution is 7.91. The zero-order chi connectivity index (χ0) is 12.0. The van der Waals surface area contributed by atoms with E-state index in [1.165, 1.54) is 6.26 Å². The topological polar surface area (TPSA) is 52.2 Å². The van der Waals surface area contributed by atoms with Crippen molar-refractivity contribution in [1.29, 1.82) is 0 Å². The first-order chi connectivity index (χ1) is 7.63. The highest BCUT2D eigenvalue weighted by Crippen LogP contribution is 2.10. The Balaban J connectivity index is 2.63. The Hall–Kier alpha value is -1.26. The van der Waals surface area contributed by atoms with Gasteiger partial charge in [0.1, 0.15) is 0 Å². The molecule has 1 rings (SSSR count). The number of rotatable bonds is 6. The maximum absolute atomic E-state index is 11.6. The predicted octanol–water partition coefficient (Wildman–Crippen LogP) is 1.85. The van der Waals surface area contributed by atoms with Crippen LogP contribution in [0, 0.1) is 0 Å².